The highest BCUT2D eigenvalue weighted by atomic mass is 35.5. The van der Waals surface area contributed by atoms with Gasteiger partial charge in [-0.15, -0.1) is 11.6 Å². The van der Waals surface area contributed by atoms with Gasteiger partial charge in [0.05, 0.1) is 22.3 Å². The van der Waals surface area contributed by atoms with Crippen molar-refractivity contribution in [3.8, 4) is 0 Å². The molecular formula is C7H6Cl2F2N2. The van der Waals surface area contributed by atoms with E-state index in [1.807, 2.05) is 0 Å². The van der Waals surface area contributed by atoms with Gasteiger partial charge in [-0.25, -0.2) is 13.8 Å². The first-order valence-electron chi connectivity index (χ1n) is 3.35. The molecule has 0 saturated heterocycles. The summed E-state index contributed by atoms with van der Waals surface area (Å²) in [6.07, 6.45) is -2.74. The molecule has 13 heavy (non-hydrogen) atoms. The summed E-state index contributed by atoms with van der Waals surface area (Å²) >= 11 is 11.0. The van der Waals surface area contributed by atoms with Crippen LogP contribution in [-0.2, 0) is 5.88 Å². The Morgan fingerprint density at radius 1 is 1.54 bits per heavy atom. The van der Waals surface area contributed by atoms with Crippen LogP contribution in [0.5, 0.6) is 0 Å². The highest BCUT2D eigenvalue weighted by molar-refractivity contribution is 6.33. The molecule has 2 nitrogen and oxygen atoms in total. The van der Waals surface area contributed by atoms with E-state index in [0.717, 1.165) is 0 Å². The summed E-state index contributed by atoms with van der Waals surface area (Å²) in [5, 5.41) is 0.0564. The fourth-order valence-electron chi connectivity index (χ4n) is 0.828. The Kier molecular flexibility index (Phi) is 3.27. The molecule has 1 aromatic rings. The number of nitrogens with zero attached hydrogens (tertiary/aromatic N) is 1. The fraction of sp³-hybridized carbons (Fsp3) is 0.286. The Bertz CT molecular complexity index is 318. The van der Waals surface area contributed by atoms with E-state index in [0.29, 0.717) is 0 Å². The first-order chi connectivity index (χ1) is 6.06. The van der Waals surface area contributed by atoms with E-state index in [4.69, 9.17) is 28.9 Å². The summed E-state index contributed by atoms with van der Waals surface area (Å²) in [5.41, 5.74) is 4.88. The molecule has 0 spiro atoms. The van der Waals surface area contributed by atoms with Crippen LogP contribution in [0.2, 0.25) is 5.02 Å². The zero-order valence-electron chi connectivity index (χ0n) is 6.40. The number of hydrogen-bond donors (Lipinski definition) is 1. The van der Waals surface area contributed by atoms with Crippen molar-refractivity contribution >= 4 is 28.9 Å². The molecule has 1 aromatic heterocycles. The summed E-state index contributed by atoms with van der Waals surface area (Å²) in [5.74, 6) is 0.0275. The Balaban J connectivity index is 3.25. The van der Waals surface area contributed by atoms with Crippen LogP contribution in [0.15, 0.2) is 6.07 Å². The van der Waals surface area contributed by atoms with Crippen LogP contribution in [0.1, 0.15) is 17.8 Å². The van der Waals surface area contributed by atoms with Crippen molar-refractivity contribution < 1.29 is 8.78 Å². The SMILES string of the molecule is Nc1c(Cl)cc(CCl)nc1C(F)F. The highest BCUT2D eigenvalue weighted by Crippen LogP contribution is 2.29. The van der Waals surface area contributed by atoms with Gasteiger partial charge in [0.2, 0.25) is 0 Å². The lowest BCUT2D eigenvalue weighted by molar-refractivity contribution is 0.147. The third-order valence-corrected chi connectivity index (χ3v) is 2.02. The Morgan fingerprint density at radius 2 is 2.15 bits per heavy atom. The van der Waals surface area contributed by atoms with Crippen LogP contribution in [0.25, 0.3) is 0 Å². The molecule has 0 radical (unpaired) electrons. The van der Waals surface area contributed by atoms with Crippen molar-refractivity contribution in [2.24, 2.45) is 0 Å². The number of rotatable bonds is 2. The summed E-state index contributed by atoms with van der Waals surface area (Å²) in [6.45, 7) is 0. The van der Waals surface area contributed by atoms with Gasteiger partial charge < -0.3 is 5.73 Å². The molecule has 0 aromatic carbocycles. The van der Waals surface area contributed by atoms with Gasteiger partial charge in [-0.1, -0.05) is 11.6 Å². The zero-order valence-corrected chi connectivity index (χ0v) is 7.91. The molecule has 0 bridgehead atoms. The minimum atomic E-state index is -2.74. The van der Waals surface area contributed by atoms with E-state index in [-0.39, 0.29) is 22.3 Å². The second-order valence-corrected chi connectivity index (χ2v) is 3.00. The molecule has 0 aliphatic heterocycles. The Hall–Kier alpha value is -0.610. The summed E-state index contributed by atoms with van der Waals surface area (Å²) in [4.78, 5) is 3.56. The largest absolute Gasteiger partial charge is 0.396 e. The third-order valence-electron chi connectivity index (χ3n) is 1.43. The van der Waals surface area contributed by atoms with Crippen molar-refractivity contribution in [3.63, 3.8) is 0 Å². The molecule has 0 unspecified atom stereocenters. The van der Waals surface area contributed by atoms with Gasteiger partial charge in [0.25, 0.3) is 6.43 Å². The summed E-state index contributed by atoms with van der Waals surface area (Å²) < 4.78 is 24.6. The third kappa shape index (κ3) is 2.19. The molecule has 0 aliphatic rings. The second kappa shape index (κ2) is 4.07. The first-order valence-corrected chi connectivity index (χ1v) is 4.26. The molecule has 1 rings (SSSR count). The van der Waals surface area contributed by atoms with Gasteiger partial charge in [0.15, 0.2) is 0 Å². The maximum Gasteiger partial charge on any atom is 0.282 e. The van der Waals surface area contributed by atoms with Crippen molar-refractivity contribution in [2.75, 3.05) is 5.73 Å². The van der Waals surface area contributed by atoms with Crippen molar-refractivity contribution in [2.45, 2.75) is 12.3 Å². The van der Waals surface area contributed by atoms with E-state index in [9.17, 15) is 8.78 Å². The standard InChI is InChI=1S/C7H6Cl2F2N2/c8-2-3-1-4(9)5(12)6(13-3)7(10)11/h1,7H,2,12H2. The van der Waals surface area contributed by atoms with E-state index in [2.05, 4.69) is 4.98 Å². The quantitative estimate of drug-likeness (QED) is 0.788. The van der Waals surface area contributed by atoms with Crippen LogP contribution in [0.3, 0.4) is 0 Å². The lowest BCUT2D eigenvalue weighted by atomic mass is 10.2. The number of anilines is 1. The first kappa shape index (κ1) is 10.5. The predicted octanol–water partition coefficient (Wildman–Crippen LogP) is 2.99. The topological polar surface area (TPSA) is 38.9 Å². The number of alkyl halides is 3. The van der Waals surface area contributed by atoms with Crippen LogP contribution >= 0.6 is 23.2 Å². The number of nitrogen functional groups attached to an aromatic ring is 1. The van der Waals surface area contributed by atoms with Crippen molar-refractivity contribution in [3.05, 3.63) is 22.5 Å². The molecule has 0 fully saturated rings. The normalized spacial score (nSPS) is 10.8. The lowest BCUT2D eigenvalue weighted by Crippen LogP contribution is -2.01. The summed E-state index contributed by atoms with van der Waals surface area (Å²) in [7, 11) is 0. The minimum absolute atomic E-state index is 0.0275. The van der Waals surface area contributed by atoms with Crippen molar-refractivity contribution in [1.29, 1.82) is 0 Å². The Morgan fingerprint density at radius 3 is 2.62 bits per heavy atom. The molecule has 0 aliphatic carbocycles. The van der Waals surface area contributed by atoms with Crippen LogP contribution in [0.4, 0.5) is 14.5 Å². The van der Waals surface area contributed by atoms with E-state index in [1.54, 1.807) is 0 Å². The average molecular weight is 227 g/mol. The van der Waals surface area contributed by atoms with E-state index in [1.165, 1.54) is 6.07 Å². The average Bonchev–Trinajstić information content (AvgIpc) is 2.09. The molecule has 2 N–H and O–H groups in total. The maximum absolute atomic E-state index is 12.3. The highest BCUT2D eigenvalue weighted by Gasteiger charge is 2.16. The van der Waals surface area contributed by atoms with Gasteiger partial charge in [0, 0.05) is 0 Å². The second-order valence-electron chi connectivity index (χ2n) is 2.33. The number of halogens is 4. The van der Waals surface area contributed by atoms with Crippen molar-refractivity contribution in [1.82, 2.24) is 4.98 Å². The molecular weight excluding hydrogens is 221 g/mol. The molecule has 0 amide bonds. The van der Waals surface area contributed by atoms with Gasteiger partial charge in [-0.3, -0.25) is 0 Å². The molecule has 1 heterocycles. The molecule has 0 saturated carbocycles. The van der Waals surface area contributed by atoms with Crippen LogP contribution in [0, 0.1) is 0 Å². The lowest BCUT2D eigenvalue weighted by Gasteiger charge is -2.07. The molecule has 6 heteroatoms. The number of nitrogens with two attached hydrogens (primary N) is 1. The monoisotopic (exact) mass is 226 g/mol. The summed E-state index contributed by atoms with van der Waals surface area (Å²) in [6, 6.07) is 1.37. The minimum Gasteiger partial charge on any atom is -0.396 e. The van der Waals surface area contributed by atoms with Gasteiger partial charge in [-0.05, 0) is 6.07 Å². The van der Waals surface area contributed by atoms with E-state index >= 15 is 0 Å². The van der Waals surface area contributed by atoms with Crippen LogP contribution < -0.4 is 5.73 Å². The van der Waals surface area contributed by atoms with Crippen LogP contribution in [-0.4, -0.2) is 4.98 Å². The number of aromatic nitrogens is 1. The van der Waals surface area contributed by atoms with Gasteiger partial charge in [0.1, 0.15) is 5.69 Å². The Labute approximate surface area is 83.7 Å². The van der Waals surface area contributed by atoms with Gasteiger partial charge in [-0.2, -0.15) is 0 Å². The fourth-order valence-corrected chi connectivity index (χ4v) is 1.19. The zero-order chi connectivity index (χ0) is 10.0. The van der Waals surface area contributed by atoms with E-state index < -0.39 is 12.1 Å². The maximum atomic E-state index is 12.3. The number of hydrogen-bond acceptors (Lipinski definition) is 2. The molecule has 0 atom stereocenters. The molecule has 72 valence electrons. The predicted molar refractivity (Wildman–Crippen MR) is 48.2 cm³/mol. The smallest absolute Gasteiger partial charge is 0.282 e. The van der Waals surface area contributed by atoms with Gasteiger partial charge >= 0.3 is 0 Å². The number of pyridine rings is 1.